The van der Waals surface area contributed by atoms with E-state index in [2.05, 4.69) is 0 Å². The van der Waals surface area contributed by atoms with Gasteiger partial charge in [-0.25, -0.2) is 4.57 Å². The summed E-state index contributed by atoms with van der Waals surface area (Å²) < 4.78 is 8.88. The second-order valence-electron chi connectivity index (χ2n) is 0.513. The molecule has 0 aromatic heterocycles. The van der Waals surface area contributed by atoms with Crippen molar-refractivity contribution in [2.75, 3.05) is 0 Å². The number of hydrogen-bond acceptors (Lipinski definition) is 1. The van der Waals surface area contributed by atoms with E-state index < -0.39 is 7.82 Å². The summed E-state index contributed by atoms with van der Waals surface area (Å²) in [5.41, 5.74) is 0. The third kappa shape index (κ3) is 58.0. The van der Waals surface area contributed by atoms with Crippen molar-refractivity contribution in [1.82, 2.24) is 0 Å². The van der Waals surface area contributed by atoms with Crippen LogP contribution in [-0.4, -0.2) is 60.2 Å². The Hall–Kier alpha value is 2.47. The molecule has 0 bridgehead atoms. The van der Waals surface area contributed by atoms with Crippen molar-refractivity contribution < 1.29 is 48.3 Å². The maximum atomic E-state index is 8.88. The molecule has 0 aliphatic rings. The van der Waals surface area contributed by atoms with Crippen LogP contribution in [0.1, 0.15) is 2.85 Å². The fraction of sp³-hybridized carbons (Fsp3) is 0. The Morgan fingerprint density at radius 2 is 1.29 bits per heavy atom. The third-order valence-electron chi connectivity index (χ3n) is 0. The summed E-state index contributed by atoms with van der Waals surface area (Å²) in [6, 6.07) is 0. The van der Waals surface area contributed by atoms with Gasteiger partial charge < -0.3 is 17.5 Å². The van der Waals surface area contributed by atoms with E-state index in [1.54, 1.807) is 0 Å². The first-order valence-corrected chi connectivity index (χ1v) is 2.35. The molecule has 0 aromatic rings. The predicted octanol–water partition coefficient (Wildman–Crippen LogP) is -1.09. The Morgan fingerprint density at radius 1 is 1.29 bits per heavy atom. The van der Waals surface area contributed by atoms with E-state index in [1.807, 2.05) is 0 Å². The summed E-state index contributed by atoms with van der Waals surface area (Å²) in [6.07, 6.45) is 0. The third-order valence-corrected chi connectivity index (χ3v) is 0. The molecule has 0 saturated carbocycles. The molecule has 0 rings (SSSR count). The van der Waals surface area contributed by atoms with Crippen LogP contribution in [0.25, 0.3) is 0 Å². The maximum Gasteiger partial charge on any atom is 2.00 e. The zero-order valence-corrected chi connectivity index (χ0v) is 10.2. The molecule has 0 atom stereocenters. The van der Waals surface area contributed by atoms with Gasteiger partial charge in [0.2, 0.25) is 0 Å². The molecule has 7 heavy (non-hydrogen) atoms. The molecule has 0 unspecified atom stereocenters. The quantitative estimate of drug-likeness (QED) is 0.389. The van der Waals surface area contributed by atoms with Crippen molar-refractivity contribution >= 4 is 53.3 Å². The summed E-state index contributed by atoms with van der Waals surface area (Å²) in [5.74, 6) is 0. The van der Waals surface area contributed by atoms with Crippen LogP contribution in [0.5, 0.6) is 0 Å². The van der Waals surface area contributed by atoms with E-state index in [9.17, 15) is 0 Å². The first-order chi connectivity index (χ1) is 2.00. The SMILES string of the molecule is O=P(O)(O)O.[H-].[H-].[Sr+2].[Zr]. The van der Waals surface area contributed by atoms with E-state index in [4.69, 9.17) is 19.2 Å². The molecular formula is H5O4PSrZr. The first kappa shape index (κ1) is 16.2. The molecule has 7 heteroatoms. The van der Waals surface area contributed by atoms with Crippen LogP contribution in [-0.2, 0) is 30.8 Å². The zero-order chi connectivity index (χ0) is 4.50. The van der Waals surface area contributed by atoms with Gasteiger partial charge in [0, 0.05) is 26.2 Å². The van der Waals surface area contributed by atoms with Crippen molar-refractivity contribution in [3.8, 4) is 0 Å². The standard InChI is InChI=1S/H3O4P.Sr.Zr.2H/c1-5(2,3)4;;;;/h(H3,1,2,3,4);;;;/q;+2;;2*-1. The van der Waals surface area contributed by atoms with E-state index in [-0.39, 0.29) is 74.5 Å². The van der Waals surface area contributed by atoms with Gasteiger partial charge in [0.15, 0.2) is 0 Å². The molecule has 0 saturated heterocycles. The van der Waals surface area contributed by atoms with Crippen LogP contribution in [0, 0.1) is 0 Å². The van der Waals surface area contributed by atoms with Gasteiger partial charge in [-0.2, -0.15) is 0 Å². The number of phosphoric acid groups is 1. The molecule has 0 spiro atoms. The molecule has 3 N–H and O–H groups in total. The van der Waals surface area contributed by atoms with Crippen LogP contribution in [0.15, 0.2) is 0 Å². The van der Waals surface area contributed by atoms with Crippen LogP contribution < -0.4 is 0 Å². The minimum Gasteiger partial charge on any atom is -1.00 e. The minimum absolute atomic E-state index is 0. The predicted molar refractivity (Wildman–Crippen MR) is 22.2 cm³/mol. The topological polar surface area (TPSA) is 77.8 Å². The first-order valence-electron chi connectivity index (χ1n) is 0.783. The second-order valence-corrected chi connectivity index (χ2v) is 1.54. The molecule has 0 aliphatic heterocycles. The van der Waals surface area contributed by atoms with Gasteiger partial charge in [0.05, 0.1) is 0 Å². The average molecular weight is 279 g/mol. The van der Waals surface area contributed by atoms with Gasteiger partial charge in [-0.1, -0.05) is 0 Å². The number of hydrogen-bond donors (Lipinski definition) is 3. The molecule has 0 heterocycles. The smallest absolute Gasteiger partial charge is 1.00 e. The van der Waals surface area contributed by atoms with Crippen molar-refractivity contribution in [2.45, 2.75) is 0 Å². The summed E-state index contributed by atoms with van der Waals surface area (Å²) in [4.78, 5) is 21.6. The molecule has 4 nitrogen and oxygen atoms in total. The number of rotatable bonds is 0. The molecule has 0 amide bonds. The summed E-state index contributed by atoms with van der Waals surface area (Å²) >= 11 is 0. The Kier molecular flexibility index (Phi) is 15.3. The van der Waals surface area contributed by atoms with Gasteiger partial charge in [0.1, 0.15) is 0 Å². The van der Waals surface area contributed by atoms with Crippen molar-refractivity contribution in [3.05, 3.63) is 0 Å². The summed E-state index contributed by atoms with van der Waals surface area (Å²) in [5, 5.41) is 0. The largest absolute Gasteiger partial charge is 2.00 e. The zero-order valence-electron chi connectivity index (χ0n) is 5.40. The van der Waals surface area contributed by atoms with E-state index >= 15 is 0 Å². The van der Waals surface area contributed by atoms with Crippen LogP contribution >= 0.6 is 7.82 Å². The maximum absolute atomic E-state index is 8.88. The monoisotopic (exact) mass is 278 g/mol. The van der Waals surface area contributed by atoms with Crippen LogP contribution in [0.4, 0.5) is 0 Å². The Balaban J connectivity index is -0.0000000133. The normalized spacial score (nSPS) is 8.43. The van der Waals surface area contributed by atoms with Gasteiger partial charge in [0.25, 0.3) is 0 Å². The summed E-state index contributed by atoms with van der Waals surface area (Å²) in [7, 11) is -4.64. The fourth-order valence-electron chi connectivity index (χ4n) is 0. The molecule has 0 aliphatic carbocycles. The Morgan fingerprint density at radius 3 is 1.29 bits per heavy atom. The van der Waals surface area contributed by atoms with E-state index in [0.717, 1.165) is 0 Å². The van der Waals surface area contributed by atoms with Gasteiger partial charge in [-0.05, 0) is 0 Å². The average Bonchev–Trinajstić information content (AvgIpc) is 0.722. The van der Waals surface area contributed by atoms with Crippen molar-refractivity contribution in [3.63, 3.8) is 0 Å². The van der Waals surface area contributed by atoms with Crippen molar-refractivity contribution in [1.29, 1.82) is 0 Å². The van der Waals surface area contributed by atoms with Crippen LogP contribution in [0.2, 0.25) is 0 Å². The van der Waals surface area contributed by atoms with Crippen LogP contribution in [0.3, 0.4) is 0 Å². The second kappa shape index (κ2) is 6.59. The Labute approximate surface area is 99.9 Å². The Bertz CT molecular complexity index is 64.7. The van der Waals surface area contributed by atoms with Gasteiger partial charge in [-0.3, -0.25) is 0 Å². The minimum atomic E-state index is -4.64. The van der Waals surface area contributed by atoms with Crippen molar-refractivity contribution in [2.24, 2.45) is 0 Å². The van der Waals surface area contributed by atoms with E-state index in [0.29, 0.717) is 0 Å². The summed E-state index contributed by atoms with van der Waals surface area (Å²) in [6.45, 7) is 0. The molecular weight excluding hydrogens is 274 g/mol. The van der Waals surface area contributed by atoms with E-state index in [1.165, 1.54) is 0 Å². The molecule has 0 aromatic carbocycles. The van der Waals surface area contributed by atoms with Gasteiger partial charge in [-0.15, -0.1) is 0 Å². The molecule has 0 radical (unpaired) electrons. The molecule has 0 fully saturated rings. The van der Waals surface area contributed by atoms with Gasteiger partial charge >= 0.3 is 53.3 Å². The molecule has 40 valence electrons. The fourth-order valence-corrected chi connectivity index (χ4v) is 0.